The largest absolute Gasteiger partial charge is 0.380 e. The molecule has 3 heteroatoms. The molecule has 0 unspecified atom stereocenters. The first-order valence-corrected chi connectivity index (χ1v) is 8.34. The zero-order valence-corrected chi connectivity index (χ0v) is 13.8. The van der Waals surface area contributed by atoms with Gasteiger partial charge in [-0.2, -0.15) is 0 Å². The van der Waals surface area contributed by atoms with Gasteiger partial charge in [0, 0.05) is 25.6 Å². The standard InChI is InChI=1S/C17H14INS/c18-14-6-8-15(9-7-14)19-12-16-10-11-17(20-16)13-4-2-1-3-5-13/h1-11,19H,12H2. The van der Waals surface area contributed by atoms with Crippen molar-refractivity contribution >= 4 is 39.6 Å². The topological polar surface area (TPSA) is 12.0 Å². The number of benzene rings is 2. The average Bonchev–Trinajstić information content (AvgIpc) is 2.97. The van der Waals surface area contributed by atoms with Gasteiger partial charge in [0.1, 0.15) is 0 Å². The zero-order valence-electron chi connectivity index (χ0n) is 10.8. The Morgan fingerprint density at radius 1 is 0.850 bits per heavy atom. The Hall–Kier alpha value is -1.33. The predicted molar refractivity (Wildman–Crippen MR) is 96.2 cm³/mol. The average molecular weight is 391 g/mol. The van der Waals surface area contributed by atoms with Crippen LogP contribution in [0.5, 0.6) is 0 Å². The van der Waals surface area contributed by atoms with Crippen LogP contribution in [0.25, 0.3) is 10.4 Å². The third-order valence-corrected chi connectivity index (χ3v) is 4.88. The van der Waals surface area contributed by atoms with Gasteiger partial charge in [-0.25, -0.2) is 0 Å². The SMILES string of the molecule is Ic1ccc(NCc2ccc(-c3ccccc3)s2)cc1. The summed E-state index contributed by atoms with van der Waals surface area (Å²) >= 11 is 4.16. The Morgan fingerprint density at radius 2 is 1.60 bits per heavy atom. The highest BCUT2D eigenvalue weighted by Gasteiger charge is 2.02. The molecule has 0 fully saturated rings. The van der Waals surface area contributed by atoms with Crippen molar-refractivity contribution in [2.75, 3.05) is 5.32 Å². The summed E-state index contributed by atoms with van der Waals surface area (Å²) in [6.45, 7) is 0.873. The number of hydrogen-bond donors (Lipinski definition) is 1. The molecule has 100 valence electrons. The van der Waals surface area contributed by atoms with Gasteiger partial charge < -0.3 is 5.32 Å². The second-order valence-electron chi connectivity index (χ2n) is 4.49. The van der Waals surface area contributed by atoms with E-state index in [1.807, 2.05) is 11.3 Å². The summed E-state index contributed by atoms with van der Waals surface area (Å²) in [4.78, 5) is 2.67. The van der Waals surface area contributed by atoms with Gasteiger partial charge in [0.2, 0.25) is 0 Å². The van der Waals surface area contributed by atoms with Crippen LogP contribution >= 0.6 is 33.9 Å². The molecule has 1 aromatic heterocycles. The summed E-state index contributed by atoms with van der Waals surface area (Å²) in [5.41, 5.74) is 2.46. The molecule has 0 aliphatic heterocycles. The predicted octanol–water partition coefficient (Wildman–Crippen LogP) is 5.63. The number of rotatable bonds is 4. The molecule has 0 radical (unpaired) electrons. The molecule has 0 amide bonds. The third kappa shape index (κ3) is 3.41. The molecule has 0 bridgehead atoms. The molecule has 0 atom stereocenters. The van der Waals surface area contributed by atoms with Gasteiger partial charge in [0.05, 0.1) is 0 Å². The van der Waals surface area contributed by atoms with Crippen molar-refractivity contribution in [2.24, 2.45) is 0 Å². The molecular formula is C17H14INS. The first-order valence-electron chi connectivity index (χ1n) is 6.45. The minimum Gasteiger partial charge on any atom is -0.380 e. The van der Waals surface area contributed by atoms with Gasteiger partial charge in [-0.05, 0) is 64.6 Å². The van der Waals surface area contributed by atoms with Gasteiger partial charge in [-0.3, -0.25) is 0 Å². The van der Waals surface area contributed by atoms with Crippen LogP contribution in [0, 0.1) is 3.57 Å². The van der Waals surface area contributed by atoms with Crippen LogP contribution in [0.4, 0.5) is 5.69 Å². The van der Waals surface area contributed by atoms with Crippen LogP contribution < -0.4 is 5.32 Å². The van der Waals surface area contributed by atoms with E-state index in [1.165, 1.54) is 24.6 Å². The lowest BCUT2D eigenvalue weighted by molar-refractivity contribution is 1.19. The first-order chi connectivity index (χ1) is 9.81. The second-order valence-corrected chi connectivity index (χ2v) is 6.91. The van der Waals surface area contributed by atoms with E-state index >= 15 is 0 Å². The van der Waals surface area contributed by atoms with E-state index in [4.69, 9.17) is 0 Å². The Kier molecular flexibility index (Phi) is 4.38. The van der Waals surface area contributed by atoms with Crippen molar-refractivity contribution in [3.63, 3.8) is 0 Å². The first kappa shape index (κ1) is 13.6. The lowest BCUT2D eigenvalue weighted by atomic mass is 10.2. The fourth-order valence-electron chi connectivity index (χ4n) is 1.99. The Bertz CT molecular complexity index is 674. The minimum absolute atomic E-state index is 0.873. The van der Waals surface area contributed by atoms with Crippen molar-refractivity contribution in [2.45, 2.75) is 6.54 Å². The van der Waals surface area contributed by atoms with Crippen LogP contribution in [0.2, 0.25) is 0 Å². The third-order valence-electron chi connectivity index (χ3n) is 3.03. The van der Waals surface area contributed by atoms with Gasteiger partial charge in [0.25, 0.3) is 0 Å². The summed E-state index contributed by atoms with van der Waals surface area (Å²) in [6.07, 6.45) is 0. The Balaban J connectivity index is 1.67. The summed E-state index contributed by atoms with van der Waals surface area (Å²) in [6, 6.07) is 23.4. The maximum atomic E-state index is 3.46. The van der Waals surface area contributed by atoms with Crippen LogP contribution in [0.1, 0.15) is 4.88 Å². The fourth-order valence-corrected chi connectivity index (χ4v) is 3.30. The number of halogens is 1. The van der Waals surface area contributed by atoms with E-state index in [0.717, 1.165) is 6.54 Å². The highest BCUT2D eigenvalue weighted by Crippen LogP contribution is 2.28. The van der Waals surface area contributed by atoms with Crippen LogP contribution in [0.15, 0.2) is 66.7 Å². The van der Waals surface area contributed by atoms with Crippen molar-refractivity contribution in [1.82, 2.24) is 0 Å². The second kappa shape index (κ2) is 6.41. The number of hydrogen-bond acceptors (Lipinski definition) is 2. The monoisotopic (exact) mass is 391 g/mol. The van der Waals surface area contributed by atoms with Crippen molar-refractivity contribution < 1.29 is 0 Å². The molecule has 0 aliphatic carbocycles. The summed E-state index contributed by atoms with van der Waals surface area (Å²) in [5.74, 6) is 0. The number of anilines is 1. The van der Waals surface area contributed by atoms with Crippen molar-refractivity contribution in [3.8, 4) is 10.4 Å². The van der Waals surface area contributed by atoms with E-state index in [-0.39, 0.29) is 0 Å². The van der Waals surface area contributed by atoms with E-state index in [1.54, 1.807) is 0 Å². The minimum atomic E-state index is 0.873. The molecule has 3 rings (SSSR count). The van der Waals surface area contributed by atoms with Crippen molar-refractivity contribution in [1.29, 1.82) is 0 Å². The Morgan fingerprint density at radius 3 is 2.35 bits per heavy atom. The normalized spacial score (nSPS) is 10.4. The van der Waals surface area contributed by atoms with Crippen LogP contribution in [-0.2, 0) is 6.54 Å². The molecule has 0 aliphatic rings. The maximum absolute atomic E-state index is 3.46. The molecule has 0 saturated carbocycles. The molecule has 2 aromatic carbocycles. The molecule has 1 nitrogen and oxygen atoms in total. The summed E-state index contributed by atoms with van der Waals surface area (Å²) in [7, 11) is 0. The van der Waals surface area contributed by atoms with E-state index in [9.17, 15) is 0 Å². The van der Waals surface area contributed by atoms with Crippen molar-refractivity contribution in [3.05, 3.63) is 75.2 Å². The molecule has 1 heterocycles. The Labute approximate surface area is 136 Å². The maximum Gasteiger partial charge on any atom is 0.0494 e. The van der Waals surface area contributed by atoms with Gasteiger partial charge in [0.15, 0.2) is 0 Å². The van der Waals surface area contributed by atoms with Gasteiger partial charge in [-0.15, -0.1) is 11.3 Å². The zero-order chi connectivity index (χ0) is 13.8. The fraction of sp³-hybridized carbons (Fsp3) is 0.0588. The van der Waals surface area contributed by atoms with E-state index < -0.39 is 0 Å². The molecule has 3 aromatic rings. The quantitative estimate of drug-likeness (QED) is 0.569. The highest BCUT2D eigenvalue weighted by molar-refractivity contribution is 14.1. The smallest absolute Gasteiger partial charge is 0.0494 e. The van der Waals surface area contributed by atoms with E-state index in [0.29, 0.717) is 0 Å². The number of nitrogens with one attached hydrogen (secondary N) is 1. The molecule has 1 N–H and O–H groups in total. The van der Waals surface area contributed by atoms with Gasteiger partial charge in [-0.1, -0.05) is 30.3 Å². The highest BCUT2D eigenvalue weighted by atomic mass is 127. The lowest BCUT2D eigenvalue weighted by Crippen LogP contribution is -1.96. The molecular weight excluding hydrogens is 377 g/mol. The summed E-state index contributed by atoms with van der Waals surface area (Å²) < 4.78 is 1.26. The number of thiophene rings is 1. The summed E-state index contributed by atoms with van der Waals surface area (Å²) in [5, 5.41) is 3.46. The van der Waals surface area contributed by atoms with Crippen LogP contribution in [-0.4, -0.2) is 0 Å². The molecule has 0 spiro atoms. The van der Waals surface area contributed by atoms with Crippen LogP contribution in [0.3, 0.4) is 0 Å². The van der Waals surface area contributed by atoms with E-state index in [2.05, 4.69) is 94.6 Å². The lowest BCUT2D eigenvalue weighted by Gasteiger charge is -2.04. The molecule has 0 saturated heterocycles. The molecule has 20 heavy (non-hydrogen) atoms. The van der Waals surface area contributed by atoms with Gasteiger partial charge >= 0.3 is 0 Å².